The van der Waals surface area contributed by atoms with Crippen LogP contribution in [0.1, 0.15) is 63.8 Å². The summed E-state index contributed by atoms with van der Waals surface area (Å²) >= 11 is 1.92. The molecule has 2 aliphatic rings. The first-order valence-electron chi connectivity index (χ1n) is 23.3. The molecule has 2 aliphatic heterocycles. The van der Waals surface area contributed by atoms with Crippen LogP contribution in [0.15, 0.2) is 162 Å². The monoisotopic (exact) mass is 871 g/mol. The number of thiophene rings is 1. The zero-order valence-corrected chi connectivity index (χ0v) is 39.6. The normalized spacial score (nSPS) is 13.4. The van der Waals surface area contributed by atoms with Crippen molar-refractivity contribution in [1.82, 2.24) is 4.57 Å². The van der Waals surface area contributed by atoms with Gasteiger partial charge in [-0.2, -0.15) is 0 Å². The number of hydrogen-bond donors (Lipinski definition) is 0. The third kappa shape index (κ3) is 5.51. The van der Waals surface area contributed by atoms with Crippen LogP contribution >= 0.6 is 11.3 Å². The topological polar surface area (TPSA) is 24.6 Å². The molecule has 66 heavy (non-hydrogen) atoms. The summed E-state index contributed by atoms with van der Waals surface area (Å²) in [5.74, 6) is 0. The number of anilines is 6. The standard InChI is InChI=1S/C60H50BN3OS/c1-35-17-9-12-23-46(35)62(47-24-13-10-18-36(47)2)39-28-30-44-49(34-39)63(48-25-16-20-41-40-29-27-37(59(3,4)5)33-52(40)65-57(41)48)50-31-38(60(6,7)8)32-51-54(50)61(44)45-22-15-21-43-55(45)64(51)56-42-19-11-14-26-53(42)66-58(43)56/h9-34H,1-8H3. The average Bonchev–Trinajstić information content (AvgIpc) is 3.98. The number of nitrogens with zero attached hydrogens (tertiary/aromatic N) is 3. The molecule has 11 aromatic rings. The van der Waals surface area contributed by atoms with Crippen molar-refractivity contribution in [3.63, 3.8) is 0 Å². The van der Waals surface area contributed by atoms with Crippen molar-refractivity contribution in [3.8, 4) is 5.69 Å². The smallest absolute Gasteiger partial charge is 0.252 e. The number of aromatic nitrogens is 1. The molecule has 0 bridgehead atoms. The first-order chi connectivity index (χ1) is 31.8. The highest BCUT2D eigenvalue weighted by atomic mass is 32.1. The predicted octanol–water partition coefficient (Wildman–Crippen LogP) is 15.2. The Labute approximate surface area is 390 Å². The maximum Gasteiger partial charge on any atom is 0.252 e. The van der Waals surface area contributed by atoms with Gasteiger partial charge in [-0.05, 0) is 118 Å². The van der Waals surface area contributed by atoms with Gasteiger partial charge < -0.3 is 18.8 Å². The number of rotatable bonds is 4. The van der Waals surface area contributed by atoms with E-state index < -0.39 is 0 Å². The van der Waals surface area contributed by atoms with Crippen molar-refractivity contribution in [2.75, 3.05) is 9.80 Å². The molecule has 0 fully saturated rings. The zero-order valence-electron chi connectivity index (χ0n) is 38.7. The molecular weight excluding hydrogens is 822 g/mol. The lowest BCUT2D eigenvalue weighted by atomic mass is 9.33. The summed E-state index contributed by atoms with van der Waals surface area (Å²) in [6.45, 7) is 18.3. The van der Waals surface area contributed by atoms with Crippen LogP contribution in [0.3, 0.4) is 0 Å². The van der Waals surface area contributed by atoms with E-state index in [-0.39, 0.29) is 17.5 Å². The SMILES string of the molecule is Cc1ccccc1N(c1ccc2c(c1)N(c1cccc3c1oc1cc(C(C)(C)C)ccc13)c1cc(C(C)(C)C)cc3c1B2c1cccc2c4sc5ccccc5c4n-3c12)c1ccccc1C. The van der Waals surface area contributed by atoms with E-state index in [0.29, 0.717) is 0 Å². The second-order valence-electron chi connectivity index (χ2n) is 20.7. The van der Waals surface area contributed by atoms with Gasteiger partial charge in [-0.3, -0.25) is 0 Å². The Morgan fingerprint density at radius 3 is 1.92 bits per heavy atom. The third-order valence-corrected chi connectivity index (χ3v) is 15.7. The molecule has 0 spiro atoms. The van der Waals surface area contributed by atoms with Gasteiger partial charge in [-0.15, -0.1) is 11.3 Å². The molecule has 6 heteroatoms. The predicted molar refractivity (Wildman–Crippen MR) is 284 cm³/mol. The van der Waals surface area contributed by atoms with Gasteiger partial charge in [-0.1, -0.05) is 145 Å². The van der Waals surface area contributed by atoms with Gasteiger partial charge in [-0.25, -0.2) is 0 Å². The third-order valence-electron chi connectivity index (χ3n) is 14.5. The Morgan fingerprint density at radius 1 is 0.515 bits per heavy atom. The zero-order chi connectivity index (χ0) is 45.0. The molecule has 0 saturated heterocycles. The molecule has 0 radical (unpaired) electrons. The summed E-state index contributed by atoms with van der Waals surface area (Å²) in [5.41, 5.74) is 21.3. The fourth-order valence-electron chi connectivity index (χ4n) is 11.2. The second-order valence-corrected chi connectivity index (χ2v) is 21.7. The molecular formula is C60H50BN3OS. The van der Waals surface area contributed by atoms with Gasteiger partial charge in [0.25, 0.3) is 6.71 Å². The molecule has 4 nitrogen and oxygen atoms in total. The minimum atomic E-state index is -0.144. The minimum Gasteiger partial charge on any atom is -0.454 e. The van der Waals surface area contributed by atoms with Gasteiger partial charge in [0.05, 0.1) is 21.4 Å². The van der Waals surface area contributed by atoms with E-state index in [4.69, 9.17) is 4.42 Å². The lowest BCUT2D eigenvalue weighted by Gasteiger charge is -2.42. The first kappa shape index (κ1) is 39.4. The first-order valence-corrected chi connectivity index (χ1v) is 24.1. The molecule has 8 aromatic carbocycles. The van der Waals surface area contributed by atoms with Crippen LogP contribution in [0, 0.1) is 13.8 Å². The van der Waals surface area contributed by atoms with E-state index in [0.717, 1.165) is 50.4 Å². The van der Waals surface area contributed by atoms with Crippen LogP contribution in [0.2, 0.25) is 0 Å². The van der Waals surface area contributed by atoms with Crippen LogP contribution in [0.4, 0.5) is 34.1 Å². The fourth-order valence-corrected chi connectivity index (χ4v) is 12.4. The largest absolute Gasteiger partial charge is 0.454 e. The summed E-state index contributed by atoms with van der Waals surface area (Å²) in [5, 5.41) is 4.88. The minimum absolute atomic E-state index is 0.00891. The molecule has 0 aliphatic carbocycles. The number of para-hydroxylation sites is 4. The maximum absolute atomic E-state index is 7.18. The summed E-state index contributed by atoms with van der Waals surface area (Å²) < 4.78 is 12.5. The highest BCUT2D eigenvalue weighted by molar-refractivity contribution is 7.26. The molecule has 13 rings (SSSR count). The summed E-state index contributed by atoms with van der Waals surface area (Å²) in [7, 11) is 0. The molecule has 0 N–H and O–H groups in total. The van der Waals surface area contributed by atoms with Gasteiger partial charge in [0, 0.05) is 60.4 Å². The van der Waals surface area contributed by atoms with Crippen LogP contribution in [-0.4, -0.2) is 11.3 Å². The lowest BCUT2D eigenvalue weighted by molar-refractivity contribution is 0.587. The van der Waals surface area contributed by atoms with Crippen LogP contribution in [-0.2, 0) is 10.8 Å². The number of benzene rings is 8. The van der Waals surface area contributed by atoms with Crippen molar-refractivity contribution in [2.45, 2.75) is 66.2 Å². The van der Waals surface area contributed by atoms with Crippen LogP contribution in [0.5, 0.6) is 0 Å². The van der Waals surface area contributed by atoms with Crippen molar-refractivity contribution >= 4 is 122 Å². The molecule has 0 atom stereocenters. The summed E-state index contributed by atoms with van der Waals surface area (Å²) in [6, 6.07) is 59.3. The van der Waals surface area contributed by atoms with E-state index in [1.165, 1.54) is 81.2 Å². The Kier molecular flexibility index (Phi) is 8.20. The molecule has 0 amide bonds. The van der Waals surface area contributed by atoms with E-state index in [9.17, 15) is 0 Å². The van der Waals surface area contributed by atoms with Crippen molar-refractivity contribution in [3.05, 3.63) is 180 Å². The molecule has 5 heterocycles. The highest BCUT2D eigenvalue weighted by Gasteiger charge is 2.44. The molecule has 320 valence electrons. The average molecular weight is 872 g/mol. The summed E-state index contributed by atoms with van der Waals surface area (Å²) in [4.78, 5) is 5.02. The Hall–Kier alpha value is -7.02. The number of aryl methyl sites for hydroxylation is 2. The molecule has 3 aromatic heterocycles. The Bertz CT molecular complexity index is 3810. The second kappa shape index (κ2) is 13.8. The van der Waals surface area contributed by atoms with Crippen molar-refractivity contribution in [2.24, 2.45) is 0 Å². The molecule has 0 unspecified atom stereocenters. The number of furan rings is 1. The lowest BCUT2D eigenvalue weighted by Crippen LogP contribution is -2.60. The van der Waals surface area contributed by atoms with E-state index in [1.807, 2.05) is 11.3 Å². The Morgan fingerprint density at radius 2 is 1.18 bits per heavy atom. The quantitative estimate of drug-likeness (QED) is 0.165. The summed E-state index contributed by atoms with van der Waals surface area (Å²) in [6.07, 6.45) is 0. The van der Waals surface area contributed by atoms with E-state index in [2.05, 4.69) is 227 Å². The number of fused-ring (bicyclic) bond motifs is 12. The van der Waals surface area contributed by atoms with E-state index in [1.54, 1.807) is 0 Å². The van der Waals surface area contributed by atoms with Gasteiger partial charge in [0.1, 0.15) is 5.58 Å². The van der Waals surface area contributed by atoms with Gasteiger partial charge in [0.15, 0.2) is 5.58 Å². The van der Waals surface area contributed by atoms with Gasteiger partial charge >= 0.3 is 0 Å². The van der Waals surface area contributed by atoms with E-state index >= 15 is 0 Å². The number of hydrogen-bond acceptors (Lipinski definition) is 4. The van der Waals surface area contributed by atoms with Crippen molar-refractivity contribution in [1.29, 1.82) is 0 Å². The maximum atomic E-state index is 7.18. The fraction of sp³-hybridized carbons (Fsp3) is 0.167. The van der Waals surface area contributed by atoms with Crippen molar-refractivity contribution < 1.29 is 4.42 Å². The van der Waals surface area contributed by atoms with Crippen LogP contribution in [0.25, 0.3) is 58.8 Å². The van der Waals surface area contributed by atoms with Crippen LogP contribution < -0.4 is 26.2 Å². The Balaban J connectivity index is 1.18. The highest BCUT2D eigenvalue weighted by Crippen LogP contribution is 2.50. The van der Waals surface area contributed by atoms with Gasteiger partial charge in [0.2, 0.25) is 0 Å². The molecule has 0 saturated carbocycles.